The quantitative estimate of drug-likeness (QED) is 0.852. The van der Waals surface area contributed by atoms with Crippen LogP contribution in [0.1, 0.15) is 12.0 Å². The lowest BCUT2D eigenvalue weighted by atomic mass is 10.1. The molecule has 2 rings (SSSR count). The first-order valence-corrected chi connectivity index (χ1v) is 5.89. The summed E-state index contributed by atoms with van der Waals surface area (Å²) in [6.45, 7) is 0.998. The number of amides is 1. The second-order valence-corrected chi connectivity index (χ2v) is 4.08. The molecule has 1 aliphatic rings. The summed E-state index contributed by atoms with van der Waals surface area (Å²) in [6.07, 6.45) is 1.07. The Hall–Kier alpha value is -2.06. The van der Waals surface area contributed by atoms with Crippen molar-refractivity contribution in [2.24, 2.45) is 5.73 Å². The molecule has 5 nitrogen and oxygen atoms in total. The van der Waals surface area contributed by atoms with E-state index in [0.717, 1.165) is 17.7 Å². The van der Waals surface area contributed by atoms with E-state index in [1.807, 2.05) is 18.2 Å². The Kier molecular flexibility index (Phi) is 3.80. The first-order chi connectivity index (χ1) is 8.76. The number of nitrogens with zero attached hydrogens (tertiary/aromatic N) is 2. The van der Waals surface area contributed by atoms with Gasteiger partial charge in [-0.25, -0.2) is 0 Å². The molecular weight excluding hydrogens is 230 g/mol. The summed E-state index contributed by atoms with van der Waals surface area (Å²) >= 11 is 0. The Morgan fingerprint density at radius 3 is 3.06 bits per heavy atom. The highest BCUT2D eigenvalue weighted by molar-refractivity contribution is 5.97. The molecule has 2 N–H and O–H groups in total. The number of nitriles is 1. The molecule has 0 radical (unpaired) electrons. The fourth-order valence-corrected chi connectivity index (χ4v) is 1.98. The van der Waals surface area contributed by atoms with Crippen LogP contribution in [0, 0.1) is 11.3 Å². The molecule has 18 heavy (non-hydrogen) atoms. The lowest BCUT2D eigenvalue weighted by molar-refractivity contribution is -0.121. The first-order valence-electron chi connectivity index (χ1n) is 5.89. The lowest BCUT2D eigenvalue weighted by Gasteiger charge is -2.29. The van der Waals surface area contributed by atoms with Gasteiger partial charge in [0.05, 0.1) is 18.2 Å². The molecule has 1 aliphatic heterocycles. The topological polar surface area (TPSA) is 79.3 Å². The average molecular weight is 245 g/mol. The van der Waals surface area contributed by atoms with Crippen LogP contribution in [-0.2, 0) is 11.2 Å². The molecular formula is C13H15N3O2. The molecule has 0 fully saturated rings. The minimum absolute atomic E-state index is 0.0364. The summed E-state index contributed by atoms with van der Waals surface area (Å²) < 4.78 is 5.37. The van der Waals surface area contributed by atoms with E-state index in [2.05, 4.69) is 6.07 Å². The highest BCUT2D eigenvalue weighted by Crippen LogP contribution is 2.33. The second-order valence-electron chi connectivity index (χ2n) is 4.08. The highest BCUT2D eigenvalue weighted by atomic mass is 16.5. The van der Waals surface area contributed by atoms with Crippen molar-refractivity contribution in [1.82, 2.24) is 0 Å². The maximum Gasteiger partial charge on any atom is 0.265 e. The molecule has 1 aromatic rings. The number of carbonyl (C=O) groups is 1. The van der Waals surface area contributed by atoms with E-state index in [1.54, 1.807) is 4.90 Å². The molecule has 5 heteroatoms. The molecule has 0 unspecified atom stereocenters. The Balaban J connectivity index is 2.31. The van der Waals surface area contributed by atoms with Crippen LogP contribution in [0.2, 0.25) is 0 Å². The number of hydrogen-bond donors (Lipinski definition) is 1. The monoisotopic (exact) mass is 245 g/mol. The highest BCUT2D eigenvalue weighted by Gasteiger charge is 2.25. The van der Waals surface area contributed by atoms with Gasteiger partial charge < -0.3 is 15.4 Å². The van der Waals surface area contributed by atoms with Crippen LogP contribution < -0.4 is 15.4 Å². The Labute approximate surface area is 106 Å². The molecule has 0 saturated heterocycles. The normalized spacial score (nSPS) is 13.8. The van der Waals surface area contributed by atoms with Crippen LogP contribution in [0.3, 0.4) is 0 Å². The minimum Gasteiger partial charge on any atom is -0.482 e. The molecule has 94 valence electrons. The maximum atomic E-state index is 11.8. The van der Waals surface area contributed by atoms with Crippen molar-refractivity contribution < 1.29 is 9.53 Å². The fraction of sp³-hybridized carbons (Fsp3) is 0.385. The van der Waals surface area contributed by atoms with Crippen LogP contribution in [0.5, 0.6) is 5.75 Å². The van der Waals surface area contributed by atoms with Gasteiger partial charge >= 0.3 is 0 Å². The van der Waals surface area contributed by atoms with E-state index in [0.29, 0.717) is 25.3 Å². The third-order valence-electron chi connectivity index (χ3n) is 2.85. The van der Waals surface area contributed by atoms with Crippen LogP contribution in [-0.4, -0.2) is 25.6 Å². The molecule has 1 amide bonds. The smallest absolute Gasteiger partial charge is 0.265 e. The molecule has 0 spiro atoms. The third-order valence-corrected chi connectivity index (χ3v) is 2.85. The van der Waals surface area contributed by atoms with Crippen LogP contribution in [0.15, 0.2) is 18.2 Å². The van der Waals surface area contributed by atoms with Crippen LogP contribution in [0.25, 0.3) is 0 Å². The number of carbonyl (C=O) groups excluding carboxylic acids is 1. The number of nitrogens with two attached hydrogens (primary N) is 1. The number of ether oxygens (including phenoxy) is 1. The summed E-state index contributed by atoms with van der Waals surface area (Å²) in [7, 11) is 0. The molecule has 0 saturated carbocycles. The number of anilines is 1. The third kappa shape index (κ3) is 2.44. The second kappa shape index (κ2) is 5.52. The zero-order valence-electron chi connectivity index (χ0n) is 10.1. The van der Waals surface area contributed by atoms with Crippen molar-refractivity contribution >= 4 is 11.6 Å². The number of hydrogen-bond acceptors (Lipinski definition) is 4. The number of rotatable bonds is 4. The zero-order valence-corrected chi connectivity index (χ0v) is 10.1. The van der Waals surface area contributed by atoms with E-state index in [9.17, 15) is 4.79 Å². The lowest BCUT2D eigenvalue weighted by Crippen LogP contribution is -2.39. The average Bonchev–Trinajstić information content (AvgIpc) is 2.38. The van der Waals surface area contributed by atoms with E-state index in [4.69, 9.17) is 15.7 Å². The summed E-state index contributed by atoms with van der Waals surface area (Å²) in [6, 6.07) is 7.77. The Bertz CT molecular complexity index is 493. The molecule has 0 atom stereocenters. The maximum absolute atomic E-state index is 11.8. The van der Waals surface area contributed by atoms with E-state index in [-0.39, 0.29) is 12.5 Å². The van der Waals surface area contributed by atoms with Crippen molar-refractivity contribution in [1.29, 1.82) is 5.26 Å². The van der Waals surface area contributed by atoms with Crippen molar-refractivity contribution in [3.63, 3.8) is 0 Å². The van der Waals surface area contributed by atoms with E-state index in [1.165, 1.54) is 0 Å². The van der Waals surface area contributed by atoms with Gasteiger partial charge in [0.15, 0.2) is 6.61 Å². The van der Waals surface area contributed by atoms with Crippen LogP contribution in [0.4, 0.5) is 5.69 Å². The van der Waals surface area contributed by atoms with Gasteiger partial charge in [0.2, 0.25) is 0 Å². The van der Waals surface area contributed by atoms with E-state index < -0.39 is 0 Å². The van der Waals surface area contributed by atoms with Gasteiger partial charge in [-0.2, -0.15) is 5.26 Å². The largest absolute Gasteiger partial charge is 0.482 e. The summed E-state index contributed by atoms with van der Waals surface area (Å²) in [5, 5.41) is 8.63. The van der Waals surface area contributed by atoms with E-state index >= 15 is 0 Å². The van der Waals surface area contributed by atoms with Crippen molar-refractivity contribution in [2.45, 2.75) is 12.8 Å². The fourth-order valence-electron chi connectivity index (χ4n) is 1.98. The standard InChI is InChI=1S/C13H15N3O2/c14-5-1-7-16-11-8-10(4-6-15)2-3-12(11)18-9-13(16)17/h2-3,8H,1,4,6-7,9,15H2. The van der Waals surface area contributed by atoms with Gasteiger partial charge in [-0.3, -0.25) is 4.79 Å². The number of fused-ring (bicyclic) bond motifs is 1. The Morgan fingerprint density at radius 1 is 1.50 bits per heavy atom. The van der Waals surface area contributed by atoms with Crippen LogP contribution >= 0.6 is 0 Å². The molecule has 1 heterocycles. The number of benzene rings is 1. The summed E-state index contributed by atoms with van der Waals surface area (Å²) in [4.78, 5) is 13.4. The van der Waals surface area contributed by atoms with Gasteiger partial charge in [0.1, 0.15) is 5.75 Å². The first kappa shape index (κ1) is 12.4. The molecule has 0 aliphatic carbocycles. The van der Waals surface area contributed by atoms with Crippen molar-refractivity contribution in [3.8, 4) is 11.8 Å². The Morgan fingerprint density at radius 2 is 2.33 bits per heavy atom. The van der Waals surface area contributed by atoms with Gasteiger partial charge in [-0.1, -0.05) is 6.07 Å². The minimum atomic E-state index is -0.109. The predicted molar refractivity (Wildman–Crippen MR) is 67.3 cm³/mol. The zero-order chi connectivity index (χ0) is 13.0. The predicted octanol–water partition coefficient (Wildman–Crippen LogP) is 0.827. The van der Waals surface area contributed by atoms with Crippen molar-refractivity contribution in [3.05, 3.63) is 23.8 Å². The SMILES string of the molecule is N#CCCN1C(=O)COc2ccc(CCN)cc21. The van der Waals surface area contributed by atoms with Gasteiger partial charge in [0, 0.05) is 6.54 Å². The molecule has 0 bridgehead atoms. The van der Waals surface area contributed by atoms with Gasteiger partial charge in [-0.05, 0) is 30.7 Å². The van der Waals surface area contributed by atoms with Crippen molar-refractivity contribution in [2.75, 3.05) is 24.6 Å². The van der Waals surface area contributed by atoms with Gasteiger partial charge in [-0.15, -0.1) is 0 Å². The molecule has 1 aromatic carbocycles. The summed E-state index contributed by atoms with van der Waals surface area (Å²) in [5.41, 5.74) is 7.33. The summed E-state index contributed by atoms with van der Waals surface area (Å²) in [5.74, 6) is 0.580. The molecule has 0 aromatic heterocycles. The van der Waals surface area contributed by atoms with Gasteiger partial charge in [0.25, 0.3) is 5.91 Å².